The summed E-state index contributed by atoms with van der Waals surface area (Å²) in [6.45, 7) is 2.45. The number of aromatic amines is 1. The first-order chi connectivity index (χ1) is 13.2. The molecule has 3 heterocycles. The summed E-state index contributed by atoms with van der Waals surface area (Å²) in [7, 11) is 0. The molecule has 1 fully saturated rings. The van der Waals surface area contributed by atoms with Crippen LogP contribution in [-0.4, -0.2) is 41.1 Å². The van der Waals surface area contributed by atoms with Crippen LogP contribution in [0.3, 0.4) is 0 Å². The fourth-order valence-corrected chi connectivity index (χ4v) is 3.57. The molecule has 4 aromatic rings. The SMILES string of the molecule is O=c1c2cnc3cc(N4CCOCC4)c(F)cc3c2[nH]n1-c1ccccc1. The first-order valence-electron chi connectivity index (χ1n) is 8.83. The van der Waals surface area contributed by atoms with Crippen molar-refractivity contribution >= 4 is 27.5 Å². The minimum absolute atomic E-state index is 0.205. The van der Waals surface area contributed by atoms with Crippen LogP contribution in [0.4, 0.5) is 10.1 Å². The summed E-state index contributed by atoms with van der Waals surface area (Å²) in [6.07, 6.45) is 1.55. The van der Waals surface area contributed by atoms with Crippen molar-refractivity contribution in [1.82, 2.24) is 14.8 Å². The fraction of sp³-hybridized carbons (Fsp3) is 0.200. The van der Waals surface area contributed by atoms with Crippen LogP contribution in [0, 0.1) is 5.82 Å². The monoisotopic (exact) mass is 364 g/mol. The summed E-state index contributed by atoms with van der Waals surface area (Å²) in [6, 6.07) is 12.5. The Balaban J connectivity index is 1.71. The van der Waals surface area contributed by atoms with E-state index in [1.807, 2.05) is 35.2 Å². The number of nitrogens with zero attached hydrogens (tertiary/aromatic N) is 3. The van der Waals surface area contributed by atoms with Gasteiger partial charge < -0.3 is 9.64 Å². The molecule has 1 N–H and O–H groups in total. The van der Waals surface area contributed by atoms with E-state index in [0.717, 1.165) is 5.69 Å². The Bertz CT molecular complexity index is 1190. The summed E-state index contributed by atoms with van der Waals surface area (Å²) in [5.41, 5.74) is 2.26. The maximum atomic E-state index is 14.9. The molecule has 1 aliphatic heterocycles. The van der Waals surface area contributed by atoms with E-state index < -0.39 is 0 Å². The van der Waals surface area contributed by atoms with Gasteiger partial charge >= 0.3 is 0 Å². The molecule has 0 amide bonds. The van der Waals surface area contributed by atoms with E-state index in [1.165, 1.54) is 10.7 Å². The highest BCUT2D eigenvalue weighted by atomic mass is 19.1. The van der Waals surface area contributed by atoms with Crippen LogP contribution >= 0.6 is 0 Å². The van der Waals surface area contributed by atoms with Gasteiger partial charge in [0.25, 0.3) is 5.56 Å². The van der Waals surface area contributed by atoms with Gasteiger partial charge in [0, 0.05) is 24.7 Å². The summed E-state index contributed by atoms with van der Waals surface area (Å²) in [5.74, 6) is -0.327. The Morgan fingerprint density at radius 3 is 2.63 bits per heavy atom. The van der Waals surface area contributed by atoms with Crippen LogP contribution in [0.1, 0.15) is 0 Å². The lowest BCUT2D eigenvalue weighted by Gasteiger charge is -2.29. The first-order valence-corrected chi connectivity index (χ1v) is 8.83. The van der Waals surface area contributed by atoms with Crippen LogP contribution in [0.25, 0.3) is 27.5 Å². The van der Waals surface area contributed by atoms with Gasteiger partial charge in [0.1, 0.15) is 5.82 Å². The highest BCUT2D eigenvalue weighted by Crippen LogP contribution is 2.29. The highest BCUT2D eigenvalue weighted by Gasteiger charge is 2.18. The van der Waals surface area contributed by atoms with E-state index in [4.69, 9.17) is 4.74 Å². The van der Waals surface area contributed by atoms with E-state index in [-0.39, 0.29) is 11.4 Å². The maximum absolute atomic E-state index is 14.9. The molecule has 1 aliphatic rings. The highest BCUT2D eigenvalue weighted by molar-refractivity contribution is 6.03. The Hall–Kier alpha value is -3.19. The average molecular weight is 364 g/mol. The Labute approximate surface area is 153 Å². The van der Waals surface area contributed by atoms with Crippen molar-refractivity contribution < 1.29 is 9.13 Å². The third-order valence-corrected chi connectivity index (χ3v) is 4.96. The van der Waals surface area contributed by atoms with Gasteiger partial charge in [-0.05, 0) is 24.3 Å². The second kappa shape index (κ2) is 6.21. The number of ether oxygens (including phenoxy) is 1. The zero-order chi connectivity index (χ0) is 18.4. The van der Waals surface area contributed by atoms with Gasteiger partial charge in [0.2, 0.25) is 0 Å². The summed E-state index contributed by atoms with van der Waals surface area (Å²) >= 11 is 0. The molecule has 0 aliphatic carbocycles. The third-order valence-electron chi connectivity index (χ3n) is 4.96. The molecule has 136 valence electrons. The number of hydrogen-bond acceptors (Lipinski definition) is 4. The molecule has 0 saturated carbocycles. The van der Waals surface area contributed by atoms with Crippen molar-refractivity contribution in [2.24, 2.45) is 0 Å². The van der Waals surface area contributed by atoms with Crippen molar-refractivity contribution in [2.75, 3.05) is 31.2 Å². The lowest BCUT2D eigenvalue weighted by Crippen LogP contribution is -2.36. The number of aromatic nitrogens is 3. The number of para-hydroxylation sites is 1. The van der Waals surface area contributed by atoms with Gasteiger partial charge in [0.05, 0.1) is 41.0 Å². The quantitative estimate of drug-likeness (QED) is 0.594. The van der Waals surface area contributed by atoms with E-state index in [9.17, 15) is 9.18 Å². The molecule has 0 radical (unpaired) electrons. The number of pyridine rings is 1. The van der Waals surface area contributed by atoms with Crippen LogP contribution < -0.4 is 10.5 Å². The number of anilines is 1. The molecule has 7 heteroatoms. The lowest BCUT2D eigenvalue weighted by atomic mass is 10.1. The minimum Gasteiger partial charge on any atom is -0.378 e. The predicted molar refractivity (Wildman–Crippen MR) is 102 cm³/mol. The predicted octanol–water partition coefficient (Wildman–Crippen LogP) is 2.84. The van der Waals surface area contributed by atoms with Crippen LogP contribution in [0.15, 0.2) is 53.5 Å². The number of benzene rings is 2. The van der Waals surface area contributed by atoms with Gasteiger partial charge in [-0.2, -0.15) is 0 Å². The van der Waals surface area contributed by atoms with E-state index in [1.54, 1.807) is 12.3 Å². The van der Waals surface area contributed by atoms with Crippen molar-refractivity contribution in [3.05, 3.63) is 64.8 Å². The maximum Gasteiger partial charge on any atom is 0.280 e. The number of halogens is 1. The summed E-state index contributed by atoms with van der Waals surface area (Å²) in [4.78, 5) is 19.1. The first kappa shape index (κ1) is 16.0. The molecule has 6 nitrogen and oxygen atoms in total. The van der Waals surface area contributed by atoms with E-state index in [2.05, 4.69) is 10.1 Å². The van der Waals surface area contributed by atoms with Crippen LogP contribution in [-0.2, 0) is 4.74 Å². The molecular weight excluding hydrogens is 347 g/mol. The molecule has 2 aromatic heterocycles. The summed E-state index contributed by atoms with van der Waals surface area (Å²) in [5, 5.41) is 4.14. The standard InChI is InChI=1S/C20H17FN4O2/c21-16-10-14-17(11-18(16)24-6-8-27-9-7-24)22-12-15-19(14)23-25(20(15)26)13-4-2-1-3-5-13/h1-5,10-12,23H,6-9H2. The van der Waals surface area contributed by atoms with Gasteiger partial charge in [-0.1, -0.05) is 18.2 Å². The Morgan fingerprint density at radius 2 is 1.85 bits per heavy atom. The number of H-pyrrole nitrogens is 1. The average Bonchev–Trinajstić information content (AvgIpc) is 3.06. The van der Waals surface area contributed by atoms with Crippen molar-refractivity contribution in [2.45, 2.75) is 0 Å². The zero-order valence-electron chi connectivity index (χ0n) is 14.5. The number of fused-ring (bicyclic) bond motifs is 3. The van der Waals surface area contributed by atoms with Crippen LogP contribution in [0.2, 0.25) is 0 Å². The van der Waals surface area contributed by atoms with Crippen molar-refractivity contribution in [3.8, 4) is 5.69 Å². The van der Waals surface area contributed by atoms with Crippen molar-refractivity contribution in [3.63, 3.8) is 0 Å². The molecule has 0 atom stereocenters. The zero-order valence-corrected chi connectivity index (χ0v) is 14.5. The normalized spacial score (nSPS) is 14.9. The number of hydrogen-bond donors (Lipinski definition) is 1. The molecule has 0 unspecified atom stereocenters. The molecule has 0 bridgehead atoms. The number of rotatable bonds is 2. The van der Waals surface area contributed by atoms with Gasteiger partial charge in [-0.15, -0.1) is 0 Å². The summed E-state index contributed by atoms with van der Waals surface area (Å²) < 4.78 is 21.7. The van der Waals surface area contributed by atoms with E-state index >= 15 is 0 Å². The molecule has 1 saturated heterocycles. The third kappa shape index (κ3) is 2.59. The number of morpholine rings is 1. The Morgan fingerprint density at radius 1 is 1.07 bits per heavy atom. The fourth-order valence-electron chi connectivity index (χ4n) is 3.57. The van der Waals surface area contributed by atoms with Crippen LogP contribution in [0.5, 0.6) is 0 Å². The van der Waals surface area contributed by atoms with E-state index in [0.29, 0.717) is 53.8 Å². The molecule has 0 spiro atoms. The van der Waals surface area contributed by atoms with Gasteiger partial charge in [0.15, 0.2) is 0 Å². The van der Waals surface area contributed by atoms with Crippen molar-refractivity contribution in [1.29, 1.82) is 0 Å². The smallest absolute Gasteiger partial charge is 0.280 e. The van der Waals surface area contributed by atoms with Gasteiger partial charge in [-0.25, -0.2) is 9.07 Å². The second-order valence-electron chi connectivity index (χ2n) is 6.55. The minimum atomic E-state index is -0.327. The lowest BCUT2D eigenvalue weighted by molar-refractivity contribution is 0.122. The van der Waals surface area contributed by atoms with Gasteiger partial charge in [-0.3, -0.25) is 14.9 Å². The topological polar surface area (TPSA) is 63.2 Å². The molecule has 5 rings (SSSR count). The second-order valence-corrected chi connectivity index (χ2v) is 6.55. The molecule has 2 aromatic carbocycles. The molecular formula is C20H17FN4O2. The molecule has 27 heavy (non-hydrogen) atoms. The number of nitrogens with one attached hydrogen (secondary N) is 1. The largest absolute Gasteiger partial charge is 0.378 e. The Kier molecular flexibility index (Phi) is 3.68.